The van der Waals surface area contributed by atoms with Crippen molar-refractivity contribution in [2.45, 2.75) is 223 Å². The van der Waals surface area contributed by atoms with Crippen LogP contribution in [0.15, 0.2) is 127 Å². The van der Waals surface area contributed by atoms with Gasteiger partial charge in [-0.15, -0.1) is 0 Å². The lowest BCUT2D eigenvalue weighted by Gasteiger charge is -2.26. The Balaban J connectivity index is 1.37. The van der Waals surface area contributed by atoms with E-state index in [-0.39, 0.29) is 43.3 Å². The number of fused-ring (bicyclic) bond motifs is 3. The van der Waals surface area contributed by atoms with Gasteiger partial charge in [0.25, 0.3) is 0 Å². The van der Waals surface area contributed by atoms with Crippen molar-refractivity contribution in [2.75, 3.05) is 0 Å². The van der Waals surface area contributed by atoms with E-state index in [0.717, 1.165) is 50.1 Å². The van der Waals surface area contributed by atoms with Gasteiger partial charge in [0, 0.05) is 44.2 Å². The highest BCUT2D eigenvalue weighted by molar-refractivity contribution is 6.10. The van der Waals surface area contributed by atoms with E-state index in [1.54, 1.807) is 0 Å². The molecule has 0 atom stereocenters. The van der Waals surface area contributed by atoms with Gasteiger partial charge in [-0.2, -0.15) is 0 Å². The SMILES string of the molecule is Cc1ccc2c(c1)c1cc(C)ccc1n2-c1ccc(-c2nc(-c3cc(C(C)(C)C)cc(C(C)(C)C)c3)nc(-c3cc(C(C)(C)C)cc(C(C)(C)C)c3)n2)cc1-c1nc(-c2cc(C(C)(C)C)cc(C(C)(C)C)c2)nc(-c2cc(C(C)(C)C)cc(C(C)(C)C)c2)n1. The molecule has 3 heterocycles. The molecule has 0 aliphatic rings. The summed E-state index contributed by atoms with van der Waals surface area (Å²) < 4.78 is 2.41. The second-order valence-electron chi connectivity index (χ2n) is 33.9. The van der Waals surface area contributed by atoms with Crippen LogP contribution < -0.4 is 0 Å². The van der Waals surface area contributed by atoms with Gasteiger partial charge in [0.1, 0.15) is 0 Å². The number of aryl methyl sites for hydroxylation is 2. The Labute approximate surface area is 533 Å². The number of benzene rings is 7. The van der Waals surface area contributed by atoms with Gasteiger partial charge in [0.2, 0.25) is 0 Å². The second kappa shape index (κ2) is 22.1. The van der Waals surface area contributed by atoms with Crippen molar-refractivity contribution in [1.29, 1.82) is 0 Å². The highest BCUT2D eigenvalue weighted by atomic mass is 15.1. The molecule has 0 N–H and O–H groups in total. The molecule has 0 amide bonds. The molecule has 0 spiro atoms. The fourth-order valence-corrected chi connectivity index (χ4v) is 11.6. The number of nitrogens with zero attached hydrogens (tertiary/aromatic N) is 7. The third kappa shape index (κ3) is 13.5. The van der Waals surface area contributed by atoms with Crippen LogP contribution in [0.5, 0.6) is 0 Å². The summed E-state index contributed by atoms with van der Waals surface area (Å²) in [5.41, 5.74) is 19.5. The lowest BCUT2D eigenvalue weighted by atomic mass is 9.79. The van der Waals surface area contributed by atoms with Crippen molar-refractivity contribution in [3.05, 3.63) is 183 Å². The van der Waals surface area contributed by atoms with Crippen LogP contribution >= 0.6 is 0 Å². The Morgan fingerprint density at radius 2 is 0.472 bits per heavy atom. The van der Waals surface area contributed by atoms with Crippen molar-refractivity contribution in [3.8, 4) is 74.0 Å². The van der Waals surface area contributed by atoms with Crippen LogP contribution in [0.2, 0.25) is 0 Å². The van der Waals surface area contributed by atoms with E-state index in [1.165, 1.54) is 66.4 Å². The Hall–Kier alpha value is -7.64. The molecule has 7 aromatic carbocycles. The van der Waals surface area contributed by atoms with Crippen LogP contribution in [0.1, 0.15) is 222 Å². The van der Waals surface area contributed by atoms with Gasteiger partial charge in [-0.05, 0) is 193 Å². The average Bonchev–Trinajstić information content (AvgIpc) is 1.84. The number of rotatable bonds is 7. The van der Waals surface area contributed by atoms with Gasteiger partial charge in [0.15, 0.2) is 34.9 Å². The highest BCUT2D eigenvalue weighted by Gasteiger charge is 2.30. The molecule has 10 rings (SSSR count). The summed E-state index contributed by atoms with van der Waals surface area (Å²) in [5, 5.41) is 2.37. The Bertz CT molecular complexity index is 4020. The summed E-state index contributed by atoms with van der Waals surface area (Å²) in [6.07, 6.45) is 0. The third-order valence-corrected chi connectivity index (χ3v) is 17.8. The molecule has 0 unspecified atom stereocenters. The van der Waals surface area contributed by atoms with Crippen molar-refractivity contribution in [2.24, 2.45) is 0 Å². The summed E-state index contributed by atoms with van der Waals surface area (Å²) in [4.78, 5) is 33.9. The molecule has 0 saturated carbocycles. The predicted octanol–water partition coefficient (Wildman–Crippen LogP) is 22.2. The largest absolute Gasteiger partial charge is 0.309 e. The number of hydrogen-bond donors (Lipinski definition) is 0. The van der Waals surface area contributed by atoms with Gasteiger partial charge in [0.05, 0.1) is 16.7 Å². The maximum atomic E-state index is 5.75. The molecule has 0 radical (unpaired) electrons. The molecule has 89 heavy (non-hydrogen) atoms. The Morgan fingerprint density at radius 1 is 0.236 bits per heavy atom. The Kier molecular flexibility index (Phi) is 16.0. The van der Waals surface area contributed by atoms with Crippen molar-refractivity contribution in [1.82, 2.24) is 34.5 Å². The van der Waals surface area contributed by atoms with E-state index in [9.17, 15) is 0 Å². The van der Waals surface area contributed by atoms with E-state index in [2.05, 4.69) is 312 Å². The van der Waals surface area contributed by atoms with Crippen LogP contribution in [0.25, 0.3) is 95.8 Å². The fourth-order valence-electron chi connectivity index (χ4n) is 11.6. The van der Waals surface area contributed by atoms with Crippen molar-refractivity contribution >= 4 is 21.8 Å². The highest BCUT2D eigenvalue weighted by Crippen LogP contribution is 2.43. The van der Waals surface area contributed by atoms with Crippen LogP contribution in [0, 0.1) is 13.8 Å². The van der Waals surface area contributed by atoms with Crippen LogP contribution in [-0.2, 0) is 43.3 Å². The first kappa shape index (κ1) is 64.3. The number of aromatic nitrogens is 7. The quantitative estimate of drug-likeness (QED) is 0.158. The Morgan fingerprint density at radius 3 is 0.719 bits per heavy atom. The van der Waals surface area contributed by atoms with E-state index in [1.807, 2.05) is 0 Å². The molecular weight excluding hydrogens is 1080 g/mol. The monoisotopic (exact) mass is 1180 g/mol. The fraction of sp³-hybridized carbons (Fsp3) is 0.415. The molecule has 7 nitrogen and oxygen atoms in total. The summed E-state index contributed by atoms with van der Waals surface area (Å²) in [7, 11) is 0. The standard InChI is InChI=1S/C82H99N7/c1-48-27-30-66-63(33-48)64-34-49(2)28-31-67(64)89(66)68-32-29-50(69-83-70(51-35-55(75(3,4)5)44-56(36-51)76(6,7)8)85-71(84-69)52-37-57(77(9,10)11)45-58(38-52)78(12,13)14)43-65(68)74-87-72(53-39-59(79(15,16)17)46-60(40-53)80(18,19)20)86-73(88-74)54-41-61(81(21,22)23)47-62(42-54)82(24,25)26/h27-47H,1-26H3. The lowest BCUT2D eigenvalue weighted by Crippen LogP contribution is -2.17. The summed E-state index contributed by atoms with van der Waals surface area (Å²) in [5.74, 6) is 3.55. The number of hydrogen-bond acceptors (Lipinski definition) is 6. The van der Waals surface area contributed by atoms with Crippen LogP contribution in [0.3, 0.4) is 0 Å². The zero-order valence-corrected chi connectivity index (χ0v) is 58.8. The zero-order valence-electron chi connectivity index (χ0n) is 58.8. The molecule has 0 aliphatic carbocycles. The van der Waals surface area contributed by atoms with Gasteiger partial charge < -0.3 is 4.57 Å². The van der Waals surface area contributed by atoms with Crippen LogP contribution in [-0.4, -0.2) is 34.5 Å². The molecule has 3 aromatic heterocycles. The summed E-state index contributed by atoms with van der Waals surface area (Å²) in [6, 6.07) is 48.1. The maximum absolute atomic E-state index is 5.75. The molecule has 0 fully saturated rings. The van der Waals surface area contributed by atoms with Gasteiger partial charge in [-0.1, -0.05) is 214 Å². The minimum Gasteiger partial charge on any atom is -0.309 e. The predicted molar refractivity (Wildman–Crippen MR) is 379 cm³/mol. The van der Waals surface area contributed by atoms with E-state index in [4.69, 9.17) is 29.9 Å². The first-order valence-corrected chi connectivity index (χ1v) is 32.2. The zero-order chi connectivity index (χ0) is 65.3. The molecule has 0 aliphatic heterocycles. The molecule has 7 heteroatoms. The van der Waals surface area contributed by atoms with Crippen molar-refractivity contribution < 1.29 is 0 Å². The topological polar surface area (TPSA) is 82.3 Å². The van der Waals surface area contributed by atoms with Gasteiger partial charge in [-0.25, -0.2) is 29.9 Å². The van der Waals surface area contributed by atoms with Crippen molar-refractivity contribution in [3.63, 3.8) is 0 Å². The minimum atomic E-state index is -0.154. The van der Waals surface area contributed by atoms with E-state index in [0.29, 0.717) is 34.9 Å². The van der Waals surface area contributed by atoms with Gasteiger partial charge >= 0.3 is 0 Å². The molecule has 0 saturated heterocycles. The molecular formula is C82H99N7. The lowest BCUT2D eigenvalue weighted by molar-refractivity contribution is 0.568. The van der Waals surface area contributed by atoms with E-state index < -0.39 is 0 Å². The summed E-state index contributed by atoms with van der Waals surface area (Å²) in [6.45, 7) is 59.2. The molecule has 10 aromatic rings. The van der Waals surface area contributed by atoms with Gasteiger partial charge in [-0.3, -0.25) is 0 Å². The second-order valence-corrected chi connectivity index (χ2v) is 33.9. The van der Waals surface area contributed by atoms with E-state index >= 15 is 0 Å². The molecule has 0 bridgehead atoms. The first-order valence-electron chi connectivity index (χ1n) is 32.2. The normalized spacial score (nSPS) is 13.3. The first-order chi connectivity index (χ1) is 40.9. The van der Waals surface area contributed by atoms with Crippen LogP contribution in [0.4, 0.5) is 0 Å². The summed E-state index contributed by atoms with van der Waals surface area (Å²) >= 11 is 0. The average molecular weight is 1180 g/mol. The molecule has 462 valence electrons. The third-order valence-electron chi connectivity index (χ3n) is 17.8. The smallest absolute Gasteiger partial charge is 0.166 e. The minimum absolute atomic E-state index is 0.140. The maximum Gasteiger partial charge on any atom is 0.166 e.